The maximum absolute atomic E-state index is 12.8. The van der Waals surface area contributed by atoms with Gasteiger partial charge in [0.25, 0.3) is 0 Å². The van der Waals surface area contributed by atoms with Crippen LogP contribution in [0.5, 0.6) is 5.75 Å². The van der Waals surface area contributed by atoms with Crippen LogP contribution in [-0.2, 0) is 11.2 Å². The van der Waals surface area contributed by atoms with E-state index in [0.29, 0.717) is 12.3 Å². The Hall–Kier alpha value is -1.81. The molecule has 2 heterocycles. The number of hydrogen-bond acceptors (Lipinski definition) is 3. The van der Waals surface area contributed by atoms with Crippen molar-refractivity contribution in [2.24, 2.45) is 5.92 Å². The third-order valence-electron chi connectivity index (χ3n) is 4.30. The van der Waals surface area contributed by atoms with Crippen LogP contribution in [-0.4, -0.2) is 24.5 Å². The monoisotopic (exact) mass is 329 g/mol. The van der Waals surface area contributed by atoms with Gasteiger partial charge in [0.15, 0.2) is 0 Å². The lowest BCUT2D eigenvalue weighted by Gasteiger charge is -2.37. The lowest BCUT2D eigenvalue weighted by atomic mass is 9.92. The second-order valence-electron chi connectivity index (χ2n) is 6.41. The first-order valence-electron chi connectivity index (χ1n) is 8.10. The molecule has 0 aliphatic carbocycles. The van der Waals surface area contributed by atoms with Gasteiger partial charge < -0.3 is 9.64 Å². The molecule has 1 aromatic heterocycles. The molecule has 4 heteroatoms. The van der Waals surface area contributed by atoms with Crippen LogP contribution in [0.15, 0.2) is 35.7 Å². The number of benzene rings is 1. The Morgan fingerprint density at radius 2 is 2.04 bits per heavy atom. The van der Waals surface area contributed by atoms with Gasteiger partial charge in [-0.1, -0.05) is 26.0 Å². The zero-order valence-corrected chi connectivity index (χ0v) is 14.7. The molecule has 23 heavy (non-hydrogen) atoms. The fraction of sp³-hybridized carbons (Fsp3) is 0.421. The summed E-state index contributed by atoms with van der Waals surface area (Å²) in [6, 6.07) is 10.3. The summed E-state index contributed by atoms with van der Waals surface area (Å²) < 4.78 is 5.26. The van der Waals surface area contributed by atoms with E-state index in [2.05, 4.69) is 42.3 Å². The quantitative estimate of drug-likeness (QED) is 0.838. The van der Waals surface area contributed by atoms with Gasteiger partial charge in [-0.05, 0) is 47.0 Å². The van der Waals surface area contributed by atoms with Crippen LogP contribution < -0.4 is 4.74 Å². The zero-order valence-electron chi connectivity index (χ0n) is 13.9. The molecule has 0 fully saturated rings. The standard InChI is InChI=1S/C19H23NO2S/c1-13(2)12-18(21)20-10-8-17-16(9-11-23-17)19(20)14-4-6-15(22-3)7-5-14/h4-7,9,11,13,19H,8,10,12H2,1-3H3/t19-/m1/s1. The fourth-order valence-corrected chi connectivity index (χ4v) is 4.10. The number of methoxy groups -OCH3 is 1. The van der Waals surface area contributed by atoms with Crippen LogP contribution in [0.25, 0.3) is 0 Å². The first-order valence-corrected chi connectivity index (χ1v) is 8.97. The summed E-state index contributed by atoms with van der Waals surface area (Å²) in [7, 11) is 1.67. The molecule has 0 spiro atoms. The van der Waals surface area contributed by atoms with E-state index in [4.69, 9.17) is 4.74 Å². The molecule has 1 aliphatic rings. The van der Waals surface area contributed by atoms with Crippen LogP contribution in [0, 0.1) is 5.92 Å². The summed E-state index contributed by atoms with van der Waals surface area (Å²) in [5.74, 6) is 1.47. The Kier molecular flexibility index (Phi) is 4.71. The Bertz CT molecular complexity index is 675. The number of hydrogen-bond donors (Lipinski definition) is 0. The first kappa shape index (κ1) is 16.1. The lowest BCUT2D eigenvalue weighted by molar-refractivity contribution is -0.134. The van der Waals surface area contributed by atoms with Gasteiger partial charge in [-0.3, -0.25) is 4.79 Å². The van der Waals surface area contributed by atoms with Crippen molar-refractivity contribution in [1.29, 1.82) is 0 Å². The van der Waals surface area contributed by atoms with E-state index in [1.54, 1.807) is 18.4 Å². The van der Waals surface area contributed by atoms with Gasteiger partial charge in [0.05, 0.1) is 13.2 Å². The number of ether oxygens (including phenoxy) is 1. The number of thiophene rings is 1. The SMILES string of the molecule is COc1ccc([C@@H]2c3ccsc3CCN2C(=O)CC(C)C)cc1. The highest BCUT2D eigenvalue weighted by atomic mass is 32.1. The van der Waals surface area contributed by atoms with Gasteiger partial charge in [0, 0.05) is 17.8 Å². The molecule has 0 saturated heterocycles. The van der Waals surface area contributed by atoms with Gasteiger partial charge in [0.1, 0.15) is 5.75 Å². The van der Waals surface area contributed by atoms with E-state index in [9.17, 15) is 4.79 Å². The van der Waals surface area contributed by atoms with Crippen LogP contribution in [0.3, 0.4) is 0 Å². The van der Waals surface area contributed by atoms with Crippen molar-refractivity contribution < 1.29 is 9.53 Å². The number of rotatable bonds is 4. The van der Waals surface area contributed by atoms with Crippen molar-refractivity contribution in [3.8, 4) is 5.75 Å². The summed E-state index contributed by atoms with van der Waals surface area (Å²) in [6.07, 6.45) is 1.57. The lowest BCUT2D eigenvalue weighted by Crippen LogP contribution is -2.40. The van der Waals surface area contributed by atoms with E-state index < -0.39 is 0 Å². The highest BCUT2D eigenvalue weighted by Crippen LogP contribution is 2.38. The number of carbonyl (C=O) groups excluding carboxylic acids is 1. The predicted octanol–water partition coefficient (Wildman–Crippen LogP) is 4.28. The van der Waals surface area contributed by atoms with E-state index in [0.717, 1.165) is 24.3 Å². The molecule has 1 aromatic carbocycles. The third kappa shape index (κ3) is 3.27. The molecule has 0 bridgehead atoms. The average Bonchev–Trinajstić information content (AvgIpc) is 3.02. The second kappa shape index (κ2) is 6.75. The Labute approximate surface area is 141 Å². The van der Waals surface area contributed by atoms with E-state index in [1.165, 1.54) is 10.4 Å². The first-order chi connectivity index (χ1) is 11.1. The maximum Gasteiger partial charge on any atom is 0.223 e. The smallest absolute Gasteiger partial charge is 0.223 e. The minimum absolute atomic E-state index is 0.0298. The third-order valence-corrected chi connectivity index (χ3v) is 5.30. The molecular formula is C19H23NO2S. The van der Waals surface area contributed by atoms with E-state index >= 15 is 0 Å². The average molecular weight is 329 g/mol. The zero-order chi connectivity index (χ0) is 16.4. The minimum Gasteiger partial charge on any atom is -0.497 e. The van der Waals surface area contributed by atoms with Crippen LogP contribution in [0.2, 0.25) is 0 Å². The predicted molar refractivity (Wildman–Crippen MR) is 94.0 cm³/mol. The molecule has 0 N–H and O–H groups in total. The van der Waals surface area contributed by atoms with Gasteiger partial charge in [-0.15, -0.1) is 11.3 Å². The normalized spacial score (nSPS) is 17.2. The maximum atomic E-state index is 12.8. The van der Waals surface area contributed by atoms with Gasteiger partial charge in [-0.25, -0.2) is 0 Å². The number of carbonyl (C=O) groups is 1. The van der Waals surface area contributed by atoms with Gasteiger partial charge >= 0.3 is 0 Å². The van der Waals surface area contributed by atoms with Crippen molar-refractivity contribution in [3.05, 3.63) is 51.7 Å². The summed E-state index contributed by atoms with van der Waals surface area (Å²) in [4.78, 5) is 16.2. The van der Waals surface area contributed by atoms with E-state index in [-0.39, 0.29) is 11.9 Å². The molecule has 3 rings (SSSR count). The van der Waals surface area contributed by atoms with Crippen molar-refractivity contribution in [2.45, 2.75) is 32.7 Å². The number of fused-ring (bicyclic) bond motifs is 1. The molecule has 0 radical (unpaired) electrons. The molecule has 122 valence electrons. The van der Waals surface area contributed by atoms with Crippen molar-refractivity contribution >= 4 is 17.2 Å². The highest BCUT2D eigenvalue weighted by Gasteiger charge is 2.32. The number of amides is 1. The minimum atomic E-state index is 0.0298. The summed E-state index contributed by atoms with van der Waals surface area (Å²) in [5, 5.41) is 2.14. The Morgan fingerprint density at radius 1 is 1.30 bits per heavy atom. The molecule has 0 unspecified atom stereocenters. The fourth-order valence-electron chi connectivity index (χ4n) is 3.20. The largest absolute Gasteiger partial charge is 0.497 e. The topological polar surface area (TPSA) is 29.5 Å². The molecule has 1 aliphatic heterocycles. The van der Waals surface area contributed by atoms with Crippen molar-refractivity contribution in [2.75, 3.05) is 13.7 Å². The molecule has 2 aromatic rings. The van der Waals surface area contributed by atoms with E-state index in [1.807, 2.05) is 12.1 Å². The Morgan fingerprint density at radius 3 is 2.70 bits per heavy atom. The van der Waals surface area contributed by atoms with Crippen LogP contribution >= 0.6 is 11.3 Å². The summed E-state index contributed by atoms with van der Waals surface area (Å²) in [5.41, 5.74) is 2.44. The van der Waals surface area contributed by atoms with Crippen LogP contribution in [0.1, 0.15) is 42.3 Å². The van der Waals surface area contributed by atoms with Crippen LogP contribution in [0.4, 0.5) is 0 Å². The van der Waals surface area contributed by atoms with Gasteiger partial charge in [0.2, 0.25) is 5.91 Å². The van der Waals surface area contributed by atoms with Crippen molar-refractivity contribution in [3.63, 3.8) is 0 Å². The Balaban J connectivity index is 1.97. The second-order valence-corrected chi connectivity index (χ2v) is 7.41. The molecule has 1 atom stereocenters. The summed E-state index contributed by atoms with van der Waals surface area (Å²) in [6.45, 7) is 5.00. The summed E-state index contributed by atoms with van der Waals surface area (Å²) >= 11 is 1.80. The molecule has 3 nitrogen and oxygen atoms in total. The number of nitrogens with zero attached hydrogens (tertiary/aromatic N) is 1. The van der Waals surface area contributed by atoms with Crippen molar-refractivity contribution in [1.82, 2.24) is 4.90 Å². The highest BCUT2D eigenvalue weighted by molar-refractivity contribution is 7.10. The van der Waals surface area contributed by atoms with Gasteiger partial charge in [-0.2, -0.15) is 0 Å². The molecule has 0 saturated carbocycles. The molecule has 1 amide bonds. The molecular weight excluding hydrogens is 306 g/mol.